The van der Waals surface area contributed by atoms with Crippen LogP contribution in [0.3, 0.4) is 0 Å². The molecule has 1 nitrogen and oxygen atoms in total. The number of aliphatic imine (C=N–C) groups is 1. The molecule has 0 spiro atoms. The van der Waals surface area contributed by atoms with Crippen LogP contribution in [0.5, 0.6) is 0 Å². The molecule has 0 amide bonds. The van der Waals surface area contributed by atoms with Gasteiger partial charge in [-0.1, -0.05) is 17.7 Å². The summed E-state index contributed by atoms with van der Waals surface area (Å²) in [5.74, 6) is 0. The number of aryl methyl sites for hydroxylation is 1. The molecule has 0 fully saturated rings. The minimum atomic E-state index is 0.804. The van der Waals surface area contributed by atoms with Gasteiger partial charge in [-0.2, -0.15) is 0 Å². The SMILES string of the molecule is CN=Cc1ccc(Cl)c(C)c1. The van der Waals surface area contributed by atoms with Gasteiger partial charge in [0.2, 0.25) is 0 Å². The molecule has 0 aliphatic carbocycles. The van der Waals surface area contributed by atoms with Crippen LogP contribution in [0.25, 0.3) is 0 Å². The second kappa shape index (κ2) is 3.54. The first kappa shape index (κ1) is 8.28. The van der Waals surface area contributed by atoms with E-state index in [0.717, 1.165) is 16.1 Å². The van der Waals surface area contributed by atoms with Gasteiger partial charge in [0.1, 0.15) is 0 Å². The zero-order chi connectivity index (χ0) is 8.27. The Balaban J connectivity index is 3.05. The third kappa shape index (κ3) is 2.05. The average Bonchev–Trinajstić information content (AvgIpc) is 1.98. The predicted octanol–water partition coefficient (Wildman–Crippen LogP) is 2.70. The van der Waals surface area contributed by atoms with Crippen LogP contribution in [0.2, 0.25) is 5.02 Å². The summed E-state index contributed by atoms with van der Waals surface area (Å²) < 4.78 is 0. The lowest BCUT2D eigenvalue weighted by Crippen LogP contribution is -1.82. The van der Waals surface area contributed by atoms with E-state index >= 15 is 0 Å². The molecular weight excluding hydrogens is 158 g/mol. The fraction of sp³-hybridized carbons (Fsp3) is 0.222. The number of hydrogen-bond acceptors (Lipinski definition) is 1. The Labute approximate surface area is 71.7 Å². The highest BCUT2D eigenvalue weighted by molar-refractivity contribution is 6.31. The maximum Gasteiger partial charge on any atom is 0.0435 e. The summed E-state index contributed by atoms with van der Waals surface area (Å²) >= 11 is 5.84. The summed E-state index contributed by atoms with van der Waals surface area (Å²) in [5.41, 5.74) is 2.18. The van der Waals surface area contributed by atoms with Crippen LogP contribution < -0.4 is 0 Å². The van der Waals surface area contributed by atoms with E-state index in [4.69, 9.17) is 11.6 Å². The Kier molecular flexibility index (Phi) is 2.66. The molecule has 11 heavy (non-hydrogen) atoms. The molecule has 0 saturated heterocycles. The van der Waals surface area contributed by atoms with Gasteiger partial charge < -0.3 is 0 Å². The van der Waals surface area contributed by atoms with Crippen LogP contribution in [0, 0.1) is 6.92 Å². The standard InChI is InChI=1S/C9H10ClN/c1-7-5-8(6-11-2)3-4-9(7)10/h3-6H,1-2H3. The predicted molar refractivity (Wildman–Crippen MR) is 49.7 cm³/mol. The summed E-state index contributed by atoms with van der Waals surface area (Å²) in [6.45, 7) is 1.98. The van der Waals surface area contributed by atoms with Gasteiger partial charge >= 0.3 is 0 Å². The molecule has 0 N–H and O–H groups in total. The Hall–Kier alpha value is -0.820. The van der Waals surface area contributed by atoms with E-state index in [-0.39, 0.29) is 0 Å². The molecule has 0 atom stereocenters. The molecule has 1 rings (SSSR count). The number of halogens is 1. The van der Waals surface area contributed by atoms with Gasteiger partial charge in [0.15, 0.2) is 0 Å². The molecule has 1 aromatic carbocycles. The molecule has 1 aromatic rings. The Bertz CT molecular complexity index is 279. The summed E-state index contributed by atoms with van der Waals surface area (Å²) in [4.78, 5) is 3.91. The van der Waals surface area contributed by atoms with Crippen molar-refractivity contribution in [1.29, 1.82) is 0 Å². The van der Waals surface area contributed by atoms with Crippen molar-refractivity contribution in [2.75, 3.05) is 7.05 Å². The van der Waals surface area contributed by atoms with Crippen LogP contribution in [-0.4, -0.2) is 13.3 Å². The molecule has 0 aliphatic rings. The van der Waals surface area contributed by atoms with E-state index in [1.54, 1.807) is 7.05 Å². The zero-order valence-corrected chi connectivity index (χ0v) is 7.39. The van der Waals surface area contributed by atoms with Crippen LogP contribution in [0.4, 0.5) is 0 Å². The molecule has 0 bridgehead atoms. The van der Waals surface area contributed by atoms with E-state index in [2.05, 4.69) is 4.99 Å². The lowest BCUT2D eigenvalue weighted by atomic mass is 10.1. The first-order valence-corrected chi connectivity index (χ1v) is 3.80. The van der Waals surface area contributed by atoms with Crippen molar-refractivity contribution in [2.45, 2.75) is 6.92 Å². The molecule has 0 aromatic heterocycles. The largest absolute Gasteiger partial charge is 0.296 e. The second-order valence-electron chi connectivity index (χ2n) is 2.40. The van der Waals surface area contributed by atoms with Crippen molar-refractivity contribution in [3.05, 3.63) is 34.3 Å². The summed E-state index contributed by atoms with van der Waals surface area (Å²) in [6.07, 6.45) is 1.81. The molecule has 2 heteroatoms. The van der Waals surface area contributed by atoms with E-state index in [0.29, 0.717) is 0 Å². The molecule has 0 heterocycles. The van der Waals surface area contributed by atoms with Crippen LogP contribution in [0.1, 0.15) is 11.1 Å². The summed E-state index contributed by atoms with van der Waals surface area (Å²) in [6, 6.07) is 5.84. The minimum Gasteiger partial charge on any atom is -0.296 e. The normalized spacial score (nSPS) is 10.8. The molecule has 0 unspecified atom stereocenters. The maximum atomic E-state index is 5.84. The fourth-order valence-electron chi connectivity index (χ4n) is 0.897. The first-order chi connectivity index (χ1) is 5.24. The maximum absolute atomic E-state index is 5.84. The van der Waals surface area contributed by atoms with Gasteiger partial charge in [0.25, 0.3) is 0 Å². The Morgan fingerprint density at radius 1 is 1.45 bits per heavy atom. The molecule has 0 aliphatic heterocycles. The highest BCUT2D eigenvalue weighted by Gasteiger charge is 1.93. The van der Waals surface area contributed by atoms with Crippen molar-refractivity contribution in [2.24, 2.45) is 4.99 Å². The van der Waals surface area contributed by atoms with E-state index in [1.807, 2.05) is 31.3 Å². The number of benzene rings is 1. The third-order valence-corrected chi connectivity index (χ3v) is 1.88. The van der Waals surface area contributed by atoms with Crippen LogP contribution in [-0.2, 0) is 0 Å². The fourth-order valence-corrected chi connectivity index (χ4v) is 1.01. The van der Waals surface area contributed by atoms with Gasteiger partial charge in [-0.15, -0.1) is 0 Å². The lowest BCUT2D eigenvalue weighted by Gasteiger charge is -1.97. The topological polar surface area (TPSA) is 12.4 Å². The van der Waals surface area contributed by atoms with Crippen molar-refractivity contribution in [1.82, 2.24) is 0 Å². The van der Waals surface area contributed by atoms with Gasteiger partial charge in [0.05, 0.1) is 0 Å². The molecular formula is C9H10ClN. The van der Waals surface area contributed by atoms with Gasteiger partial charge in [0, 0.05) is 18.3 Å². The van der Waals surface area contributed by atoms with E-state index in [9.17, 15) is 0 Å². The summed E-state index contributed by atoms with van der Waals surface area (Å²) in [7, 11) is 1.75. The van der Waals surface area contributed by atoms with E-state index < -0.39 is 0 Å². The minimum absolute atomic E-state index is 0.804. The van der Waals surface area contributed by atoms with Gasteiger partial charge in [-0.05, 0) is 30.2 Å². The Morgan fingerprint density at radius 2 is 2.18 bits per heavy atom. The average molecular weight is 168 g/mol. The lowest BCUT2D eigenvalue weighted by molar-refractivity contribution is 1.43. The van der Waals surface area contributed by atoms with Crippen molar-refractivity contribution in [3.63, 3.8) is 0 Å². The van der Waals surface area contributed by atoms with Crippen LogP contribution >= 0.6 is 11.6 Å². The van der Waals surface area contributed by atoms with Crippen molar-refractivity contribution in [3.8, 4) is 0 Å². The highest BCUT2D eigenvalue weighted by Crippen LogP contribution is 2.14. The van der Waals surface area contributed by atoms with Crippen molar-refractivity contribution >= 4 is 17.8 Å². The van der Waals surface area contributed by atoms with Gasteiger partial charge in [-0.25, -0.2) is 0 Å². The second-order valence-corrected chi connectivity index (χ2v) is 2.80. The molecule has 0 radical (unpaired) electrons. The highest BCUT2D eigenvalue weighted by atomic mass is 35.5. The zero-order valence-electron chi connectivity index (χ0n) is 6.63. The van der Waals surface area contributed by atoms with E-state index in [1.165, 1.54) is 0 Å². The number of rotatable bonds is 1. The first-order valence-electron chi connectivity index (χ1n) is 3.42. The quantitative estimate of drug-likeness (QED) is 0.571. The monoisotopic (exact) mass is 167 g/mol. The molecule has 58 valence electrons. The Morgan fingerprint density at radius 3 is 2.73 bits per heavy atom. The number of nitrogens with zero attached hydrogens (tertiary/aromatic N) is 1. The smallest absolute Gasteiger partial charge is 0.0435 e. The number of hydrogen-bond donors (Lipinski definition) is 0. The van der Waals surface area contributed by atoms with Crippen molar-refractivity contribution < 1.29 is 0 Å². The van der Waals surface area contributed by atoms with Crippen LogP contribution in [0.15, 0.2) is 23.2 Å². The summed E-state index contributed by atoms with van der Waals surface area (Å²) in [5, 5.41) is 0.804. The molecule has 0 saturated carbocycles. The third-order valence-electron chi connectivity index (χ3n) is 1.46. The van der Waals surface area contributed by atoms with Gasteiger partial charge in [-0.3, -0.25) is 4.99 Å².